The third-order valence-corrected chi connectivity index (χ3v) is 3.95. The van der Waals surface area contributed by atoms with Crippen LogP contribution in [0.25, 0.3) is 0 Å². The minimum atomic E-state index is 0.0421. The van der Waals surface area contributed by atoms with E-state index in [0.717, 1.165) is 31.4 Å². The molecule has 1 amide bonds. The lowest BCUT2D eigenvalue weighted by Crippen LogP contribution is -2.36. The molecule has 0 bridgehead atoms. The largest absolute Gasteiger partial charge is 0.380 e. The molecule has 1 saturated carbocycles. The fourth-order valence-corrected chi connectivity index (χ4v) is 2.93. The van der Waals surface area contributed by atoms with Gasteiger partial charge in [0.2, 0.25) is 5.91 Å². The molecule has 0 aromatic carbocycles. The van der Waals surface area contributed by atoms with Crippen molar-refractivity contribution in [3.63, 3.8) is 0 Å². The van der Waals surface area contributed by atoms with Gasteiger partial charge in [-0.2, -0.15) is 5.10 Å². The standard InChI is InChI=1S/C15H24N4O2/c1-10-5-13(6-11(2)21-10)17-14-7-16-19(8-14)9-15(20)18-12-3-4-12/h7-8,10-13,17H,3-6,9H2,1-2H3,(H,18,20). The smallest absolute Gasteiger partial charge is 0.241 e. The van der Waals surface area contributed by atoms with E-state index in [1.54, 1.807) is 10.9 Å². The summed E-state index contributed by atoms with van der Waals surface area (Å²) in [7, 11) is 0. The van der Waals surface area contributed by atoms with E-state index in [1.165, 1.54) is 0 Å². The molecular formula is C15H24N4O2. The van der Waals surface area contributed by atoms with Gasteiger partial charge in [0.25, 0.3) is 0 Å². The molecule has 2 N–H and O–H groups in total. The lowest BCUT2D eigenvalue weighted by Gasteiger charge is -2.32. The fraction of sp³-hybridized carbons (Fsp3) is 0.733. The Labute approximate surface area is 125 Å². The Morgan fingerprint density at radius 3 is 2.71 bits per heavy atom. The zero-order valence-electron chi connectivity index (χ0n) is 12.7. The molecule has 0 spiro atoms. The molecule has 2 heterocycles. The van der Waals surface area contributed by atoms with Gasteiger partial charge in [-0.3, -0.25) is 9.48 Å². The first-order valence-corrected chi connectivity index (χ1v) is 7.82. The number of rotatable bonds is 5. The summed E-state index contributed by atoms with van der Waals surface area (Å²) in [6, 6.07) is 0.803. The third-order valence-electron chi connectivity index (χ3n) is 3.95. The number of hydrogen-bond donors (Lipinski definition) is 2. The van der Waals surface area contributed by atoms with Crippen LogP contribution in [0.5, 0.6) is 0 Å². The van der Waals surface area contributed by atoms with E-state index >= 15 is 0 Å². The molecule has 2 atom stereocenters. The Morgan fingerprint density at radius 1 is 1.33 bits per heavy atom. The predicted molar refractivity (Wildman–Crippen MR) is 80.0 cm³/mol. The van der Waals surface area contributed by atoms with E-state index in [-0.39, 0.29) is 18.1 Å². The molecule has 1 aromatic heterocycles. The Bertz CT molecular complexity index is 488. The molecule has 1 aromatic rings. The van der Waals surface area contributed by atoms with Crippen LogP contribution in [0.2, 0.25) is 0 Å². The Kier molecular flexibility index (Phi) is 4.14. The van der Waals surface area contributed by atoms with Crippen LogP contribution in [0.4, 0.5) is 5.69 Å². The van der Waals surface area contributed by atoms with Crippen LogP contribution in [0.1, 0.15) is 39.5 Å². The van der Waals surface area contributed by atoms with Crippen molar-refractivity contribution in [2.75, 3.05) is 5.32 Å². The van der Waals surface area contributed by atoms with E-state index in [4.69, 9.17) is 4.74 Å². The summed E-state index contributed by atoms with van der Waals surface area (Å²) < 4.78 is 7.43. The van der Waals surface area contributed by atoms with Crippen LogP contribution in [0, 0.1) is 0 Å². The van der Waals surface area contributed by atoms with Gasteiger partial charge < -0.3 is 15.4 Å². The van der Waals surface area contributed by atoms with Crippen molar-refractivity contribution < 1.29 is 9.53 Å². The molecule has 2 fully saturated rings. The van der Waals surface area contributed by atoms with Crippen LogP contribution in [-0.2, 0) is 16.1 Å². The molecule has 1 aliphatic carbocycles. The second kappa shape index (κ2) is 6.05. The number of amides is 1. The number of anilines is 1. The van der Waals surface area contributed by atoms with Gasteiger partial charge in [0, 0.05) is 18.3 Å². The highest BCUT2D eigenvalue weighted by Gasteiger charge is 2.25. The second-order valence-electron chi connectivity index (χ2n) is 6.34. The molecular weight excluding hydrogens is 268 g/mol. The Balaban J connectivity index is 1.51. The quantitative estimate of drug-likeness (QED) is 0.863. The summed E-state index contributed by atoms with van der Waals surface area (Å²) in [5.74, 6) is 0.0421. The molecule has 2 unspecified atom stereocenters. The molecule has 0 radical (unpaired) electrons. The Hall–Kier alpha value is -1.56. The molecule has 6 nitrogen and oxygen atoms in total. The van der Waals surface area contributed by atoms with Gasteiger partial charge in [-0.05, 0) is 39.5 Å². The maximum Gasteiger partial charge on any atom is 0.241 e. The number of carbonyl (C=O) groups is 1. The number of nitrogens with zero attached hydrogens (tertiary/aromatic N) is 2. The van der Waals surface area contributed by atoms with Gasteiger partial charge in [-0.15, -0.1) is 0 Å². The van der Waals surface area contributed by atoms with Gasteiger partial charge in [-0.1, -0.05) is 0 Å². The van der Waals surface area contributed by atoms with E-state index in [1.807, 2.05) is 6.20 Å². The monoisotopic (exact) mass is 292 g/mol. The average Bonchev–Trinajstić information content (AvgIpc) is 3.08. The summed E-state index contributed by atoms with van der Waals surface area (Å²) in [4.78, 5) is 11.7. The lowest BCUT2D eigenvalue weighted by atomic mass is 10.00. The maximum atomic E-state index is 11.7. The first-order valence-electron chi connectivity index (χ1n) is 7.82. The van der Waals surface area contributed by atoms with E-state index < -0.39 is 0 Å². The van der Waals surface area contributed by atoms with E-state index in [2.05, 4.69) is 29.6 Å². The van der Waals surface area contributed by atoms with E-state index in [0.29, 0.717) is 18.6 Å². The normalized spacial score (nSPS) is 29.1. The van der Waals surface area contributed by atoms with Gasteiger partial charge in [0.1, 0.15) is 6.54 Å². The van der Waals surface area contributed by atoms with Crippen molar-refractivity contribution in [1.29, 1.82) is 0 Å². The number of hydrogen-bond acceptors (Lipinski definition) is 4. The highest BCUT2D eigenvalue weighted by Crippen LogP contribution is 2.22. The van der Waals surface area contributed by atoms with Crippen LogP contribution < -0.4 is 10.6 Å². The SMILES string of the molecule is CC1CC(Nc2cnn(CC(=O)NC3CC3)c2)CC(C)O1. The minimum Gasteiger partial charge on any atom is -0.380 e. The molecule has 3 rings (SSSR count). The van der Waals surface area contributed by atoms with Gasteiger partial charge in [0.15, 0.2) is 0 Å². The van der Waals surface area contributed by atoms with Crippen LogP contribution in [0.3, 0.4) is 0 Å². The second-order valence-corrected chi connectivity index (χ2v) is 6.34. The van der Waals surface area contributed by atoms with Crippen molar-refractivity contribution in [3.05, 3.63) is 12.4 Å². The zero-order chi connectivity index (χ0) is 14.8. The van der Waals surface area contributed by atoms with E-state index in [9.17, 15) is 4.79 Å². The van der Waals surface area contributed by atoms with Gasteiger partial charge >= 0.3 is 0 Å². The predicted octanol–water partition coefficient (Wildman–Crippen LogP) is 1.53. The van der Waals surface area contributed by atoms with Crippen molar-refractivity contribution in [1.82, 2.24) is 15.1 Å². The summed E-state index contributed by atoms with van der Waals surface area (Å²) in [5, 5.41) is 10.7. The van der Waals surface area contributed by atoms with Crippen molar-refractivity contribution >= 4 is 11.6 Å². The number of nitrogens with one attached hydrogen (secondary N) is 2. The highest BCUT2D eigenvalue weighted by atomic mass is 16.5. The first kappa shape index (κ1) is 14.4. The maximum absolute atomic E-state index is 11.7. The minimum absolute atomic E-state index is 0.0421. The third kappa shape index (κ3) is 4.20. The zero-order valence-corrected chi connectivity index (χ0v) is 12.7. The van der Waals surface area contributed by atoms with Crippen LogP contribution in [-0.4, -0.2) is 40.0 Å². The molecule has 21 heavy (non-hydrogen) atoms. The fourth-order valence-electron chi connectivity index (χ4n) is 2.93. The van der Waals surface area contributed by atoms with Crippen LogP contribution >= 0.6 is 0 Å². The van der Waals surface area contributed by atoms with Crippen molar-refractivity contribution in [2.24, 2.45) is 0 Å². The molecule has 6 heteroatoms. The topological polar surface area (TPSA) is 68.2 Å². The number of ether oxygens (including phenoxy) is 1. The van der Waals surface area contributed by atoms with Crippen molar-refractivity contribution in [2.45, 2.75) is 70.4 Å². The molecule has 116 valence electrons. The molecule has 1 aliphatic heterocycles. The molecule has 2 aliphatic rings. The summed E-state index contributed by atoms with van der Waals surface area (Å²) in [6.07, 6.45) is 8.47. The van der Waals surface area contributed by atoms with Crippen molar-refractivity contribution in [3.8, 4) is 0 Å². The van der Waals surface area contributed by atoms with Gasteiger partial charge in [0.05, 0.1) is 24.1 Å². The number of carbonyl (C=O) groups excluding carboxylic acids is 1. The number of aromatic nitrogens is 2. The Morgan fingerprint density at radius 2 is 2.05 bits per heavy atom. The first-order chi connectivity index (χ1) is 10.1. The summed E-state index contributed by atoms with van der Waals surface area (Å²) >= 11 is 0. The van der Waals surface area contributed by atoms with Crippen LogP contribution in [0.15, 0.2) is 12.4 Å². The summed E-state index contributed by atoms with van der Waals surface area (Å²) in [6.45, 7) is 4.50. The van der Waals surface area contributed by atoms with Gasteiger partial charge in [-0.25, -0.2) is 0 Å². The summed E-state index contributed by atoms with van der Waals surface area (Å²) in [5.41, 5.74) is 0.973. The average molecular weight is 292 g/mol. The highest BCUT2D eigenvalue weighted by molar-refractivity contribution is 5.76. The molecule has 1 saturated heterocycles. The lowest BCUT2D eigenvalue weighted by molar-refractivity contribution is -0.122.